The Balaban J connectivity index is 2.27. The number of aliphatic hydroxyl groups is 1. The molecule has 2 rings (SSSR count). The third kappa shape index (κ3) is 3.11. The Labute approximate surface area is 111 Å². The summed E-state index contributed by atoms with van der Waals surface area (Å²) in [6, 6.07) is 4.05. The molecule has 1 aromatic carbocycles. The minimum absolute atomic E-state index is 0.182. The van der Waals surface area contributed by atoms with E-state index in [4.69, 9.17) is 0 Å². The lowest BCUT2D eigenvalue weighted by Crippen LogP contribution is -2.31. The van der Waals surface area contributed by atoms with Gasteiger partial charge in [0, 0.05) is 0 Å². The van der Waals surface area contributed by atoms with E-state index in [9.17, 15) is 18.3 Å². The molecule has 0 saturated heterocycles. The first-order valence-corrected chi connectivity index (χ1v) is 6.64. The van der Waals surface area contributed by atoms with Gasteiger partial charge >= 0.3 is 6.18 Å². The van der Waals surface area contributed by atoms with E-state index in [1.54, 1.807) is 0 Å². The van der Waals surface area contributed by atoms with Crippen LogP contribution in [0.15, 0.2) is 12.1 Å². The van der Waals surface area contributed by atoms with E-state index in [0.717, 1.165) is 36.0 Å². The summed E-state index contributed by atoms with van der Waals surface area (Å²) < 4.78 is 37.5. The van der Waals surface area contributed by atoms with Crippen molar-refractivity contribution in [1.29, 1.82) is 0 Å². The van der Waals surface area contributed by atoms with E-state index in [0.29, 0.717) is 0 Å². The van der Waals surface area contributed by atoms with Crippen molar-refractivity contribution in [3.8, 4) is 0 Å². The van der Waals surface area contributed by atoms with Crippen molar-refractivity contribution < 1.29 is 18.3 Å². The molecule has 0 radical (unpaired) electrons. The fraction of sp³-hybridized carbons (Fsp3) is 0.600. The van der Waals surface area contributed by atoms with Gasteiger partial charge in [-0.3, -0.25) is 0 Å². The zero-order valence-electron chi connectivity index (χ0n) is 11.2. The number of alkyl halides is 3. The Morgan fingerprint density at radius 2 is 2.00 bits per heavy atom. The first-order chi connectivity index (χ1) is 8.79. The second-order valence-corrected chi connectivity index (χ2v) is 5.53. The highest BCUT2D eigenvalue weighted by Gasteiger charge is 2.40. The fourth-order valence-corrected chi connectivity index (χ4v) is 3.06. The first-order valence-electron chi connectivity index (χ1n) is 6.64. The summed E-state index contributed by atoms with van der Waals surface area (Å²) in [4.78, 5) is 0. The summed E-state index contributed by atoms with van der Waals surface area (Å²) in [6.45, 7) is 3.97. The molecule has 0 aromatic heterocycles. The zero-order valence-corrected chi connectivity index (χ0v) is 11.2. The first kappa shape index (κ1) is 14.4. The monoisotopic (exact) mass is 272 g/mol. The standard InChI is InChI=1S/C15H19F3O/c1-9-6-10(2)12-5-3-4-11(13(12)7-9)8-14(19)15(16,17)18/h6-7,11,14,19H,3-5,8H2,1-2H3. The molecule has 0 bridgehead atoms. The molecule has 0 saturated carbocycles. The van der Waals surface area contributed by atoms with Crippen LogP contribution in [0, 0.1) is 13.8 Å². The van der Waals surface area contributed by atoms with Gasteiger partial charge in [-0.05, 0) is 62.1 Å². The lowest BCUT2D eigenvalue weighted by molar-refractivity contribution is -0.206. The molecule has 1 aliphatic carbocycles. The van der Waals surface area contributed by atoms with Crippen LogP contribution in [-0.4, -0.2) is 17.4 Å². The highest BCUT2D eigenvalue weighted by Crippen LogP contribution is 2.39. The van der Waals surface area contributed by atoms with Gasteiger partial charge < -0.3 is 5.11 Å². The van der Waals surface area contributed by atoms with Crippen molar-refractivity contribution in [2.24, 2.45) is 0 Å². The van der Waals surface area contributed by atoms with Gasteiger partial charge in [-0.1, -0.05) is 17.7 Å². The maximum Gasteiger partial charge on any atom is 0.414 e. The lowest BCUT2D eigenvalue weighted by atomic mass is 9.77. The molecule has 19 heavy (non-hydrogen) atoms. The predicted molar refractivity (Wildman–Crippen MR) is 68.3 cm³/mol. The molecular formula is C15H19F3O. The summed E-state index contributed by atoms with van der Waals surface area (Å²) in [5, 5.41) is 9.28. The number of benzene rings is 1. The molecule has 2 atom stereocenters. The lowest BCUT2D eigenvalue weighted by Gasteiger charge is -2.29. The smallest absolute Gasteiger partial charge is 0.384 e. The van der Waals surface area contributed by atoms with Crippen LogP contribution in [-0.2, 0) is 6.42 Å². The highest BCUT2D eigenvalue weighted by atomic mass is 19.4. The zero-order chi connectivity index (χ0) is 14.2. The van der Waals surface area contributed by atoms with E-state index in [1.807, 2.05) is 19.9 Å². The number of hydrogen-bond donors (Lipinski definition) is 1. The summed E-state index contributed by atoms with van der Waals surface area (Å²) in [5.41, 5.74) is 4.41. The van der Waals surface area contributed by atoms with Gasteiger partial charge in [-0.15, -0.1) is 0 Å². The highest BCUT2D eigenvalue weighted by molar-refractivity contribution is 5.41. The van der Waals surface area contributed by atoms with Crippen LogP contribution in [0.1, 0.15) is 47.4 Å². The maximum atomic E-state index is 12.5. The molecule has 1 nitrogen and oxygen atoms in total. The largest absolute Gasteiger partial charge is 0.414 e. The quantitative estimate of drug-likeness (QED) is 0.861. The number of halogens is 3. The number of aliphatic hydroxyl groups excluding tert-OH is 1. The molecule has 2 unspecified atom stereocenters. The van der Waals surface area contributed by atoms with Gasteiger partial charge in [0.05, 0.1) is 0 Å². The van der Waals surface area contributed by atoms with Crippen molar-refractivity contribution in [3.05, 3.63) is 34.4 Å². The van der Waals surface area contributed by atoms with Crippen LogP contribution in [0.4, 0.5) is 13.2 Å². The van der Waals surface area contributed by atoms with Crippen LogP contribution in [0.25, 0.3) is 0 Å². The van der Waals surface area contributed by atoms with E-state index in [1.165, 1.54) is 5.56 Å². The van der Waals surface area contributed by atoms with Crippen molar-refractivity contribution in [2.45, 2.75) is 57.7 Å². The summed E-state index contributed by atoms with van der Waals surface area (Å²) in [5.74, 6) is -0.182. The predicted octanol–water partition coefficient (Wildman–Crippen LogP) is 4.04. The molecule has 106 valence electrons. The van der Waals surface area contributed by atoms with E-state index in [-0.39, 0.29) is 12.3 Å². The Morgan fingerprint density at radius 3 is 2.63 bits per heavy atom. The van der Waals surface area contributed by atoms with E-state index < -0.39 is 12.3 Å². The Morgan fingerprint density at radius 1 is 1.32 bits per heavy atom. The van der Waals surface area contributed by atoms with Crippen molar-refractivity contribution in [2.75, 3.05) is 0 Å². The third-order valence-electron chi connectivity index (χ3n) is 3.96. The molecule has 0 spiro atoms. The molecule has 0 amide bonds. The minimum atomic E-state index is -4.52. The summed E-state index contributed by atoms with van der Waals surface area (Å²) >= 11 is 0. The molecule has 1 aliphatic rings. The molecule has 1 aromatic rings. The van der Waals surface area contributed by atoms with Crippen molar-refractivity contribution >= 4 is 0 Å². The summed E-state index contributed by atoms with van der Waals surface area (Å²) in [6.07, 6.45) is -4.41. The molecule has 1 N–H and O–H groups in total. The number of rotatable bonds is 2. The van der Waals surface area contributed by atoms with Gasteiger partial charge in [0.1, 0.15) is 6.10 Å². The fourth-order valence-electron chi connectivity index (χ4n) is 3.06. The summed E-state index contributed by atoms with van der Waals surface area (Å²) in [7, 11) is 0. The van der Waals surface area contributed by atoms with E-state index >= 15 is 0 Å². The van der Waals surface area contributed by atoms with Crippen LogP contribution < -0.4 is 0 Å². The minimum Gasteiger partial charge on any atom is -0.384 e. The van der Waals surface area contributed by atoms with Crippen LogP contribution in [0.3, 0.4) is 0 Å². The SMILES string of the molecule is Cc1cc(C)c2c(c1)C(CC(O)C(F)(F)F)CCC2. The maximum absolute atomic E-state index is 12.5. The Bertz CT molecular complexity index is 465. The molecule has 0 heterocycles. The van der Waals surface area contributed by atoms with Gasteiger partial charge in [0.25, 0.3) is 0 Å². The van der Waals surface area contributed by atoms with Gasteiger partial charge in [0.15, 0.2) is 0 Å². The normalized spacial score (nSPS) is 21.1. The van der Waals surface area contributed by atoms with Crippen LogP contribution >= 0.6 is 0 Å². The average molecular weight is 272 g/mol. The molecule has 4 heteroatoms. The van der Waals surface area contributed by atoms with Crippen molar-refractivity contribution in [3.63, 3.8) is 0 Å². The van der Waals surface area contributed by atoms with Gasteiger partial charge in [0.2, 0.25) is 0 Å². The van der Waals surface area contributed by atoms with Gasteiger partial charge in [-0.25, -0.2) is 0 Å². The average Bonchev–Trinajstić information content (AvgIpc) is 2.28. The van der Waals surface area contributed by atoms with Crippen molar-refractivity contribution in [1.82, 2.24) is 0 Å². The Kier molecular flexibility index (Phi) is 3.90. The third-order valence-corrected chi connectivity index (χ3v) is 3.96. The van der Waals surface area contributed by atoms with Crippen LogP contribution in [0.2, 0.25) is 0 Å². The molecule has 0 fully saturated rings. The molecular weight excluding hydrogens is 253 g/mol. The number of hydrogen-bond acceptors (Lipinski definition) is 1. The second-order valence-electron chi connectivity index (χ2n) is 5.53. The topological polar surface area (TPSA) is 20.2 Å². The number of aryl methyl sites for hydroxylation is 2. The molecule has 0 aliphatic heterocycles. The second kappa shape index (κ2) is 5.16. The van der Waals surface area contributed by atoms with Gasteiger partial charge in [-0.2, -0.15) is 13.2 Å². The van der Waals surface area contributed by atoms with E-state index in [2.05, 4.69) is 6.07 Å². The Hall–Kier alpha value is -1.03. The van der Waals surface area contributed by atoms with Crippen LogP contribution in [0.5, 0.6) is 0 Å². The number of fused-ring (bicyclic) bond motifs is 1.